The molecule has 172 valence electrons. The van der Waals surface area contributed by atoms with Gasteiger partial charge in [-0.05, 0) is 0 Å². The molecule has 0 atom stereocenters. The molecule has 0 aromatic carbocycles. The Morgan fingerprint density at radius 2 is 1.21 bits per heavy atom. The summed E-state index contributed by atoms with van der Waals surface area (Å²) in [4.78, 5) is 57.2. The van der Waals surface area contributed by atoms with E-state index in [0.29, 0.717) is 0 Å². The lowest BCUT2D eigenvalue weighted by molar-refractivity contribution is 0.0917. The summed E-state index contributed by atoms with van der Waals surface area (Å²) < 4.78 is 4.18. The fourth-order valence-corrected chi connectivity index (χ4v) is 3.13. The summed E-state index contributed by atoms with van der Waals surface area (Å²) in [5.41, 5.74) is -1.55. The maximum Gasteiger partial charge on any atom is 0.353 e. The third-order valence-electron chi connectivity index (χ3n) is 4.35. The van der Waals surface area contributed by atoms with Crippen molar-refractivity contribution in [2.45, 2.75) is 13.1 Å². The first-order chi connectivity index (χ1) is 16.0. The van der Waals surface area contributed by atoms with Crippen molar-refractivity contribution >= 4 is 46.3 Å². The van der Waals surface area contributed by atoms with Crippen molar-refractivity contribution in [3.63, 3.8) is 0 Å². The molecule has 0 bridgehead atoms. The topological polar surface area (TPSA) is 188 Å². The summed E-state index contributed by atoms with van der Waals surface area (Å²) in [7, 11) is 0. The lowest BCUT2D eigenvalue weighted by atomic mass is 10.4. The van der Waals surface area contributed by atoms with Crippen LogP contribution in [-0.2, 0) is 13.1 Å². The van der Waals surface area contributed by atoms with E-state index in [4.69, 9.17) is 23.2 Å². The van der Waals surface area contributed by atoms with Gasteiger partial charge in [-0.2, -0.15) is 9.36 Å². The molecular weight excluding hydrogens is 483 g/mol. The first-order valence-corrected chi connectivity index (χ1v) is 10.3. The number of carbonyl (C=O) groups is 2. The van der Waals surface area contributed by atoms with Crippen LogP contribution >= 0.6 is 23.2 Å². The normalized spacial score (nSPS) is 11.2. The van der Waals surface area contributed by atoms with Crippen LogP contribution in [0.25, 0.3) is 11.3 Å². The average Bonchev–Trinajstić information content (AvgIpc) is 3.43. The summed E-state index contributed by atoms with van der Waals surface area (Å²) in [6.07, 6.45) is 2.27. The maximum absolute atomic E-state index is 12.4. The predicted molar refractivity (Wildman–Crippen MR) is 111 cm³/mol. The van der Waals surface area contributed by atoms with E-state index in [0.717, 1.165) is 30.8 Å². The van der Waals surface area contributed by atoms with Gasteiger partial charge in [-0.1, -0.05) is 10.4 Å². The number of imidazole rings is 2. The Kier molecular flexibility index (Phi) is 6.27. The standard InChI is InChI=1S/C15H14Cl2N12O4/c16-1-3-28-14(32)26-6-20-8(10(26)22-24-28)12(30)18-5-19-13(31)9-11-23-25-29(4-2-17)15(33)27(11)7-21-9/h6-7H,1-5H2,(H,18,30)(H,19,31). The Morgan fingerprint density at radius 1 is 0.788 bits per heavy atom. The number of alkyl halides is 2. The summed E-state index contributed by atoms with van der Waals surface area (Å²) in [5.74, 6) is -1.11. The Morgan fingerprint density at radius 3 is 1.61 bits per heavy atom. The average molecular weight is 497 g/mol. The van der Waals surface area contributed by atoms with Crippen molar-refractivity contribution in [3.05, 3.63) is 45.0 Å². The zero-order valence-electron chi connectivity index (χ0n) is 16.6. The van der Waals surface area contributed by atoms with Crippen molar-refractivity contribution in [2.24, 2.45) is 0 Å². The number of carbonyl (C=O) groups excluding carboxylic acids is 2. The van der Waals surface area contributed by atoms with E-state index in [1.165, 1.54) is 0 Å². The van der Waals surface area contributed by atoms with E-state index >= 15 is 0 Å². The van der Waals surface area contributed by atoms with Gasteiger partial charge in [0, 0.05) is 11.8 Å². The first-order valence-electron chi connectivity index (χ1n) is 9.26. The van der Waals surface area contributed by atoms with Crippen LogP contribution in [0.1, 0.15) is 21.0 Å². The number of amides is 2. The van der Waals surface area contributed by atoms with Crippen molar-refractivity contribution in [1.82, 2.24) is 59.4 Å². The zero-order valence-corrected chi connectivity index (χ0v) is 18.1. The quantitative estimate of drug-likeness (QED) is 0.194. The molecular formula is C15H14Cl2N12O4. The molecule has 2 N–H and O–H groups in total. The third kappa shape index (κ3) is 4.12. The maximum atomic E-state index is 12.4. The fourth-order valence-electron chi connectivity index (χ4n) is 2.81. The summed E-state index contributed by atoms with van der Waals surface area (Å²) in [6.45, 7) is -0.0331. The second-order valence-electron chi connectivity index (χ2n) is 6.33. The van der Waals surface area contributed by atoms with Crippen LogP contribution in [-0.4, -0.2) is 79.0 Å². The molecule has 0 aliphatic rings. The van der Waals surface area contributed by atoms with Crippen LogP contribution in [0.5, 0.6) is 0 Å². The molecule has 0 aliphatic heterocycles. The van der Waals surface area contributed by atoms with Gasteiger partial charge in [0.1, 0.15) is 12.7 Å². The van der Waals surface area contributed by atoms with E-state index in [1.54, 1.807) is 0 Å². The van der Waals surface area contributed by atoms with Crippen LogP contribution < -0.4 is 22.0 Å². The number of halogens is 2. The largest absolute Gasteiger partial charge is 0.353 e. The number of fused-ring (bicyclic) bond motifs is 2. The van der Waals surface area contributed by atoms with Crippen LogP contribution in [0.2, 0.25) is 0 Å². The van der Waals surface area contributed by atoms with Gasteiger partial charge >= 0.3 is 11.4 Å². The molecule has 4 aromatic rings. The number of nitrogens with one attached hydrogen (secondary N) is 2. The van der Waals surface area contributed by atoms with Crippen molar-refractivity contribution in [3.8, 4) is 0 Å². The van der Waals surface area contributed by atoms with Crippen LogP contribution in [0.3, 0.4) is 0 Å². The van der Waals surface area contributed by atoms with Gasteiger partial charge < -0.3 is 10.6 Å². The van der Waals surface area contributed by atoms with E-state index < -0.39 is 23.2 Å². The van der Waals surface area contributed by atoms with Crippen LogP contribution in [0.15, 0.2) is 22.2 Å². The Bertz CT molecular complexity index is 1360. The van der Waals surface area contributed by atoms with Gasteiger partial charge in [0.15, 0.2) is 22.7 Å². The number of nitrogens with zero attached hydrogens (tertiary/aromatic N) is 10. The molecule has 0 radical (unpaired) electrons. The van der Waals surface area contributed by atoms with Gasteiger partial charge in [0.25, 0.3) is 11.8 Å². The highest BCUT2D eigenvalue weighted by Crippen LogP contribution is 2.04. The van der Waals surface area contributed by atoms with Crippen molar-refractivity contribution < 1.29 is 9.59 Å². The third-order valence-corrected chi connectivity index (χ3v) is 4.69. The van der Waals surface area contributed by atoms with Gasteiger partial charge in [-0.15, -0.1) is 33.4 Å². The van der Waals surface area contributed by atoms with E-state index in [1.807, 2.05) is 0 Å². The molecule has 16 nitrogen and oxygen atoms in total. The number of hydrogen-bond acceptors (Lipinski definition) is 10. The molecule has 33 heavy (non-hydrogen) atoms. The molecule has 0 aliphatic carbocycles. The minimum atomic E-state index is -0.708. The minimum absolute atomic E-state index is 0.0572. The lowest BCUT2D eigenvalue weighted by Crippen LogP contribution is -2.38. The van der Waals surface area contributed by atoms with Crippen LogP contribution in [0, 0.1) is 0 Å². The van der Waals surface area contributed by atoms with E-state index in [2.05, 4.69) is 41.2 Å². The van der Waals surface area contributed by atoms with Crippen LogP contribution in [0.4, 0.5) is 0 Å². The zero-order chi connectivity index (χ0) is 23.5. The van der Waals surface area contributed by atoms with Crippen molar-refractivity contribution in [2.75, 3.05) is 18.4 Å². The number of hydrogen-bond donors (Lipinski definition) is 2. The molecule has 4 rings (SSSR count). The summed E-state index contributed by atoms with van der Waals surface area (Å²) in [5, 5.41) is 19.9. The molecule has 2 amide bonds. The Labute approximate surface area is 192 Å². The Hall–Kier alpha value is -3.92. The lowest BCUT2D eigenvalue weighted by Gasteiger charge is -2.06. The number of aryl methyl sites for hydroxylation is 2. The molecule has 0 unspecified atom stereocenters. The van der Waals surface area contributed by atoms with Gasteiger partial charge in [-0.3, -0.25) is 9.59 Å². The number of aromatic nitrogens is 10. The predicted octanol–water partition coefficient (Wildman–Crippen LogP) is -2.52. The molecule has 0 saturated carbocycles. The summed E-state index contributed by atoms with van der Waals surface area (Å²) >= 11 is 11.2. The fraction of sp³-hybridized carbons (Fsp3) is 0.333. The van der Waals surface area contributed by atoms with Crippen molar-refractivity contribution in [1.29, 1.82) is 0 Å². The molecule has 0 saturated heterocycles. The highest BCUT2D eigenvalue weighted by molar-refractivity contribution is 6.18. The second-order valence-corrected chi connectivity index (χ2v) is 7.09. The molecule has 0 spiro atoms. The highest BCUT2D eigenvalue weighted by atomic mass is 35.5. The second kappa shape index (κ2) is 9.29. The summed E-state index contributed by atoms with van der Waals surface area (Å²) in [6, 6.07) is 0. The van der Waals surface area contributed by atoms with E-state index in [-0.39, 0.29) is 54.2 Å². The Balaban J connectivity index is 1.44. The minimum Gasteiger partial charge on any atom is -0.333 e. The molecule has 4 heterocycles. The van der Waals surface area contributed by atoms with Gasteiger partial charge in [0.05, 0.1) is 19.8 Å². The first kappa shape index (κ1) is 22.3. The SMILES string of the molecule is O=C(NCNC(=O)c1ncn2c(=O)n(CCCl)nnc12)c1ncn2c(=O)n(CCCl)nnc12. The highest BCUT2D eigenvalue weighted by Gasteiger charge is 2.20. The molecule has 18 heteroatoms. The molecule has 0 fully saturated rings. The van der Waals surface area contributed by atoms with Gasteiger partial charge in [0.2, 0.25) is 0 Å². The van der Waals surface area contributed by atoms with E-state index in [9.17, 15) is 19.2 Å². The monoisotopic (exact) mass is 496 g/mol. The van der Waals surface area contributed by atoms with Gasteiger partial charge in [-0.25, -0.2) is 28.4 Å². The number of rotatable bonds is 8. The smallest absolute Gasteiger partial charge is 0.333 e. The molecule has 4 aromatic heterocycles.